The van der Waals surface area contributed by atoms with E-state index in [1.54, 1.807) is 0 Å². The van der Waals surface area contributed by atoms with Crippen LogP contribution in [0.3, 0.4) is 0 Å². The molecule has 2 heterocycles. The summed E-state index contributed by atoms with van der Waals surface area (Å²) in [7, 11) is 0. The maximum Gasteiger partial charge on any atom is 0.229 e. The standard InChI is InChI=1S/C18H26N4O2/c1-11(2)18-19-12(3)10-15(21-18)20-13-4-6-14(7-5-13)22-16(23)8-9-17(22)24/h10-11,13-14H,4-9H2,1-3H3,(H,19,20,21). The fourth-order valence-corrected chi connectivity index (χ4v) is 3.61. The Labute approximate surface area is 143 Å². The van der Waals surface area contributed by atoms with Crippen LogP contribution in [-0.4, -0.2) is 38.8 Å². The van der Waals surface area contributed by atoms with Crippen LogP contribution in [0.4, 0.5) is 5.82 Å². The molecule has 1 aliphatic heterocycles. The Bertz CT molecular complexity index is 620. The highest BCUT2D eigenvalue weighted by atomic mass is 16.2. The molecule has 1 aromatic rings. The van der Waals surface area contributed by atoms with Crippen LogP contribution >= 0.6 is 0 Å². The second-order valence-corrected chi connectivity index (χ2v) is 7.21. The molecule has 2 fully saturated rings. The van der Waals surface area contributed by atoms with Crippen LogP contribution in [0.2, 0.25) is 0 Å². The van der Waals surface area contributed by atoms with Crippen molar-refractivity contribution in [2.24, 2.45) is 0 Å². The summed E-state index contributed by atoms with van der Waals surface area (Å²) in [5, 5.41) is 3.51. The molecule has 3 rings (SSSR count). The highest BCUT2D eigenvalue weighted by molar-refractivity contribution is 6.02. The van der Waals surface area contributed by atoms with E-state index in [1.807, 2.05) is 13.0 Å². The number of imide groups is 1. The third kappa shape index (κ3) is 3.57. The van der Waals surface area contributed by atoms with Gasteiger partial charge in [0.2, 0.25) is 11.8 Å². The quantitative estimate of drug-likeness (QED) is 0.859. The zero-order chi connectivity index (χ0) is 17.3. The van der Waals surface area contributed by atoms with Gasteiger partial charge in [-0.2, -0.15) is 0 Å². The maximum atomic E-state index is 11.9. The van der Waals surface area contributed by atoms with Crippen molar-refractivity contribution in [3.8, 4) is 0 Å². The van der Waals surface area contributed by atoms with E-state index in [0.29, 0.717) is 24.8 Å². The molecule has 24 heavy (non-hydrogen) atoms. The van der Waals surface area contributed by atoms with Gasteiger partial charge in [-0.1, -0.05) is 13.8 Å². The number of hydrogen-bond acceptors (Lipinski definition) is 5. The van der Waals surface area contributed by atoms with Crippen molar-refractivity contribution < 1.29 is 9.59 Å². The van der Waals surface area contributed by atoms with E-state index in [-0.39, 0.29) is 17.9 Å². The number of likely N-dealkylation sites (tertiary alicyclic amines) is 1. The van der Waals surface area contributed by atoms with Crippen LogP contribution in [0.5, 0.6) is 0 Å². The Morgan fingerprint density at radius 2 is 1.71 bits per heavy atom. The fourth-order valence-electron chi connectivity index (χ4n) is 3.61. The maximum absolute atomic E-state index is 11.9. The van der Waals surface area contributed by atoms with Crippen molar-refractivity contribution in [2.75, 3.05) is 5.32 Å². The van der Waals surface area contributed by atoms with Gasteiger partial charge in [0.05, 0.1) is 0 Å². The summed E-state index contributed by atoms with van der Waals surface area (Å²) in [6.45, 7) is 6.17. The number of carbonyl (C=O) groups excluding carboxylic acids is 2. The summed E-state index contributed by atoms with van der Waals surface area (Å²) in [5.41, 5.74) is 0.971. The van der Waals surface area contributed by atoms with Gasteiger partial charge in [-0.15, -0.1) is 0 Å². The van der Waals surface area contributed by atoms with Gasteiger partial charge < -0.3 is 5.32 Å². The third-order valence-corrected chi connectivity index (χ3v) is 4.89. The van der Waals surface area contributed by atoms with Gasteiger partial charge in [0.15, 0.2) is 0 Å². The number of nitrogens with zero attached hydrogens (tertiary/aromatic N) is 3. The Balaban J connectivity index is 1.60. The highest BCUT2D eigenvalue weighted by Gasteiger charge is 2.36. The number of amides is 2. The number of carbonyl (C=O) groups is 2. The van der Waals surface area contributed by atoms with E-state index < -0.39 is 0 Å². The topological polar surface area (TPSA) is 75.2 Å². The van der Waals surface area contributed by atoms with Crippen LogP contribution in [0.1, 0.15) is 69.8 Å². The minimum atomic E-state index is 0.00408. The zero-order valence-electron chi connectivity index (χ0n) is 14.7. The lowest BCUT2D eigenvalue weighted by atomic mass is 9.90. The Morgan fingerprint density at radius 1 is 1.08 bits per heavy atom. The molecule has 0 radical (unpaired) electrons. The number of nitrogens with one attached hydrogen (secondary N) is 1. The van der Waals surface area contributed by atoms with Gasteiger partial charge in [0.25, 0.3) is 0 Å². The smallest absolute Gasteiger partial charge is 0.229 e. The minimum absolute atomic E-state index is 0.00408. The SMILES string of the molecule is Cc1cc(NC2CCC(N3C(=O)CCC3=O)CC2)nc(C(C)C)n1. The van der Waals surface area contributed by atoms with Gasteiger partial charge in [0.1, 0.15) is 11.6 Å². The van der Waals surface area contributed by atoms with E-state index >= 15 is 0 Å². The summed E-state index contributed by atoms with van der Waals surface area (Å²) in [6.07, 6.45) is 4.40. The molecule has 1 saturated heterocycles. The molecule has 0 unspecified atom stereocenters. The van der Waals surface area contributed by atoms with E-state index in [0.717, 1.165) is 43.0 Å². The summed E-state index contributed by atoms with van der Waals surface area (Å²) >= 11 is 0. The normalized spacial score (nSPS) is 24.8. The molecule has 6 nitrogen and oxygen atoms in total. The first kappa shape index (κ1) is 16.9. The van der Waals surface area contributed by atoms with Gasteiger partial charge in [-0.25, -0.2) is 9.97 Å². The van der Waals surface area contributed by atoms with Crippen LogP contribution in [-0.2, 0) is 9.59 Å². The van der Waals surface area contributed by atoms with E-state index in [4.69, 9.17) is 0 Å². The molecule has 0 atom stereocenters. The Morgan fingerprint density at radius 3 is 2.29 bits per heavy atom. The van der Waals surface area contributed by atoms with Crippen LogP contribution in [0.15, 0.2) is 6.07 Å². The molecule has 0 bridgehead atoms. The average molecular weight is 330 g/mol. The lowest BCUT2D eigenvalue weighted by molar-refractivity contribution is -0.141. The van der Waals surface area contributed by atoms with Gasteiger partial charge >= 0.3 is 0 Å². The zero-order valence-corrected chi connectivity index (χ0v) is 14.7. The molecule has 1 saturated carbocycles. The highest BCUT2D eigenvalue weighted by Crippen LogP contribution is 2.29. The molecule has 1 N–H and O–H groups in total. The second kappa shape index (κ2) is 6.87. The molecule has 1 aromatic heterocycles. The van der Waals surface area contributed by atoms with E-state index in [2.05, 4.69) is 29.1 Å². The first-order valence-corrected chi connectivity index (χ1v) is 8.91. The third-order valence-electron chi connectivity index (χ3n) is 4.89. The average Bonchev–Trinajstić information content (AvgIpc) is 2.87. The molecule has 2 amide bonds. The molecule has 0 aromatic carbocycles. The first-order chi connectivity index (χ1) is 11.4. The van der Waals surface area contributed by atoms with Gasteiger partial charge in [-0.05, 0) is 32.6 Å². The van der Waals surface area contributed by atoms with Crippen molar-refractivity contribution in [1.82, 2.24) is 14.9 Å². The van der Waals surface area contributed by atoms with Crippen LogP contribution < -0.4 is 5.32 Å². The Kier molecular flexibility index (Phi) is 4.83. The Hall–Kier alpha value is -1.98. The molecule has 2 aliphatic rings. The summed E-state index contributed by atoms with van der Waals surface area (Å²) < 4.78 is 0. The van der Waals surface area contributed by atoms with E-state index in [1.165, 1.54) is 4.90 Å². The lowest BCUT2D eigenvalue weighted by Gasteiger charge is -2.34. The van der Waals surface area contributed by atoms with Gasteiger partial charge in [-0.3, -0.25) is 14.5 Å². The molecular weight excluding hydrogens is 304 g/mol. The summed E-state index contributed by atoms with van der Waals surface area (Å²) in [5.74, 6) is 2.05. The molecular formula is C18H26N4O2. The number of aromatic nitrogens is 2. The van der Waals surface area contributed by atoms with Crippen molar-refractivity contribution in [1.29, 1.82) is 0 Å². The van der Waals surface area contributed by atoms with Crippen LogP contribution in [0.25, 0.3) is 0 Å². The minimum Gasteiger partial charge on any atom is -0.367 e. The number of hydrogen-bond donors (Lipinski definition) is 1. The largest absolute Gasteiger partial charge is 0.367 e. The van der Waals surface area contributed by atoms with Crippen molar-refractivity contribution in [3.05, 3.63) is 17.6 Å². The molecule has 1 aliphatic carbocycles. The molecule has 0 spiro atoms. The fraction of sp³-hybridized carbons (Fsp3) is 0.667. The number of aryl methyl sites for hydroxylation is 1. The first-order valence-electron chi connectivity index (χ1n) is 8.91. The van der Waals surface area contributed by atoms with Crippen molar-refractivity contribution in [3.63, 3.8) is 0 Å². The van der Waals surface area contributed by atoms with Crippen molar-refractivity contribution in [2.45, 2.75) is 77.3 Å². The van der Waals surface area contributed by atoms with E-state index in [9.17, 15) is 9.59 Å². The van der Waals surface area contributed by atoms with Crippen LogP contribution in [0, 0.1) is 6.92 Å². The predicted octanol–water partition coefficient (Wildman–Crippen LogP) is 2.78. The molecule has 130 valence electrons. The summed E-state index contributed by atoms with van der Waals surface area (Å²) in [6, 6.07) is 2.40. The number of rotatable bonds is 4. The molecule has 6 heteroatoms. The predicted molar refractivity (Wildman–Crippen MR) is 91.6 cm³/mol. The summed E-state index contributed by atoms with van der Waals surface area (Å²) in [4.78, 5) is 34.3. The number of anilines is 1. The van der Waals surface area contributed by atoms with Gasteiger partial charge in [0, 0.05) is 42.6 Å². The monoisotopic (exact) mass is 330 g/mol. The van der Waals surface area contributed by atoms with Crippen molar-refractivity contribution >= 4 is 17.6 Å². The second-order valence-electron chi connectivity index (χ2n) is 7.21. The lowest BCUT2D eigenvalue weighted by Crippen LogP contribution is -2.43.